The zero-order chi connectivity index (χ0) is 10.4. The molecule has 0 fully saturated rings. The van der Waals surface area contributed by atoms with E-state index in [1.807, 2.05) is 13.8 Å². The number of carboxylic acids is 1. The van der Waals surface area contributed by atoms with Crippen molar-refractivity contribution in [2.75, 3.05) is 20.3 Å². The molecule has 0 radical (unpaired) electrons. The Morgan fingerprint density at radius 1 is 1.38 bits per heavy atom. The third kappa shape index (κ3) is 5.19. The number of carbonyl (C=O) groups excluding carboxylic acids is 1. The molecule has 0 aliphatic rings. The summed E-state index contributed by atoms with van der Waals surface area (Å²) >= 11 is 0. The molecule has 0 aliphatic carbocycles. The number of hydrogen-bond acceptors (Lipinski definition) is 3. The van der Waals surface area contributed by atoms with E-state index in [1.54, 1.807) is 7.05 Å². The number of carboxylic acid groups (broad SMARTS) is 1. The van der Waals surface area contributed by atoms with Crippen LogP contribution in [0.15, 0.2) is 0 Å². The zero-order valence-electron chi connectivity index (χ0n) is 8.11. The Kier molecular flexibility index (Phi) is 5.06. The lowest BCUT2D eigenvalue weighted by Gasteiger charge is -2.20. The zero-order valence-corrected chi connectivity index (χ0v) is 8.11. The first-order valence-corrected chi connectivity index (χ1v) is 4.00. The van der Waals surface area contributed by atoms with Gasteiger partial charge in [0.2, 0.25) is 5.91 Å². The largest absolute Gasteiger partial charge is 0.480 e. The highest BCUT2D eigenvalue weighted by molar-refractivity contribution is 5.77. The van der Waals surface area contributed by atoms with Gasteiger partial charge in [0.1, 0.15) is 13.2 Å². The van der Waals surface area contributed by atoms with Gasteiger partial charge in [0, 0.05) is 13.1 Å². The van der Waals surface area contributed by atoms with Crippen molar-refractivity contribution >= 4 is 11.9 Å². The second kappa shape index (κ2) is 5.53. The van der Waals surface area contributed by atoms with Gasteiger partial charge in [-0.25, -0.2) is 4.79 Å². The average Bonchev–Trinajstić information content (AvgIpc) is 2.02. The van der Waals surface area contributed by atoms with E-state index in [0.717, 1.165) is 0 Å². The van der Waals surface area contributed by atoms with Crippen molar-refractivity contribution < 1.29 is 19.4 Å². The Hall–Kier alpha value is -1.10. The van der Waals surface area contributed by atoms with E-state index >= 15 is 0 Å². The fourth-order valence-electron chi connectivity index (χ4n) is 0.615. The Labute approximate surface area is 77.3 Å². The highest BCUT2D eigenvalue weighted by Gasteiger charge is 2.11. The van der Waals surface area contributed by atoms with Crippen molar-refractivity contribution in [3.8, 4) is 0 Å². The van der Waals surface area contributed by atoms with Crippen molar-refractivity contribution in [2.45, 2.75) is 19.9 Å². The van der Waals surface area contributed by atoms with Crippen LogP contribution in [0.4, 0.5) is 0 Å². The van der Waals surface area contributed by atoms with Crippen molar-refractivity contribution in [3.05, 3.63) is 0 Å². The maximum atomic E-state index is 11.2. The summed E-state index contributed by atoms with van der Waals surface area (Å²) in [5, 5.41) is 8.22. The summed E-state index contributed by atoms with van der Waals surface area (Å²) in [5.74, 6) is -1.28. The lowest BCUT2D eigenvalue weighted by Crippen LogP contribution is -2.36. The number of likely N-dealkylation sites (N-methyl/N-ethyl adjacent to an activating group) is 1. The molecule has 0 heterocycles. The second-order valence-corrected chi connectivity index (χ2v) is 2.98. The van der Waals surface area contributed by atoms with Crippen molar-refractivity contribution in [3.63, 3.8) is 0 Å². The molecule has 0 aromatic rings. The molecule has 0 saturated carbocycles. The van der Waals surface area contributed by atoms with E-state index < -0.39 is 12.6 Å². The SMILES string of the molecule is CC(C)N(C)C(=O)COCC(=O)O. The minimum absolute atomic E-state index is 0.0981. The van der Waals surface area contributed by atoms with Crippen LogP contribution in [0.1, 0.15) is 13.8 Å². The predicted octanol–water partition coefficient (Wildman–Crippen LogP) is -0.0456. The minimum Gasteiger partial charge on any atom is -0.480 e. The van der Waals surface area contributed by atoms with E-state index in [1.165, 1.54) is 4.90 Å². The Morgan fingerprint density at radius 3 is 2.31 bits per heavy atom. The summed E-state index contributed by atoms with van der Waals surface area (Å²) < 4.78 is 4.64. The number of carbonyl (C=O) groups is 2. The minimum atomic E-state index is -1.07. The fraction of sp³-hybridized carbons (Fsp3) is 0.750. The smallest absolute Gasteiger partial charge is 0.329 e. The third-order valence-electron chi connectivity index (χ3n) is 1.62. The lowest BCUT2D eigenvalue weighted by molar-refractivity contribution is -0.145. The van der Waals surface area contributed by atoms with Crippen molar-refractivity contribution in [1.29, 1.82) is 0 Å². The Bertz CT molecular complexity index is 191. The summed E-state index contributed by atoms with van der Waals surface area (Å²) in [4.78, 5) is 22.7. The summed E-state index contributed by atoms with van der Waals surface area (Å²) in [5.41, 5.74) is 0. The van der Waals surface area contributed by atoms with Crippen molar-refractivity contribution in [1.82, 2.24) is 4.90 Å². The van der Waals surface area contributed by atoms with Crippen LogP contribution in [0.2, 0.25) is 0 Å². The van der Waals surface area contributed by atoms with Crippen LogP contribution in [0, 0.1) is 0 Å². The van der Waals surface area contributed by atoms with Crippen LogP contribution in [0.5, 0.6) is 0 Å². The van der Waals surface area contributed by atoms with Gasteiger partial charge in [0.15, 0.2) is 0 Å². The average molecular weight is 189 g/mol. The molecule has 0 aliphatic heterocycles. The van der Waals surface area contributed by atoms with Gasteiger partial charge in [-0.15, -0.1) is 0 Å². The molecule has 5 heteroatoms. The van der Waals surface area contributed by atoms with Crippen LogP contribution in [0.25, 0.3) is 0 Å². The molecule has 13 heavy (non-hydrogen) atoms. The number of nitrogens with zero attached hydrogens (tertiary/aromatic N) is 1. The summed E-state index contributed by atoms with van der Waals surface area (Å²) in [6, 6.07) is 0.0981. The number of amides is 1. The first-order chi connectivity index (χ1) is 5.95. The van der Waals surface area contributed by atoms with Gasteiger partial charge < -0.3 is 14.7 Å². The molecule has 1 amide bonds. The van der Waals surface area contributed by atoms with Gasteiger partial charge in [0.25, 0.3) is 0 Å². The molecule has 0 bridgehead atoms. The van der Waals surface area contributed by atoms with E-state index in [9.17, 15) is 9.59 Å². The van der Waals surface area contributed by atoms with Crippen LogP contribution >= 0.6 is 0 Å². The normalized spacial score (nSPS) is 10.2. The fourth-order valence-corrected chi connectivity index (χ4v) is 0.615. The molecule has 76 valence electrons. The second-order valence-electron chi connectivity index (χ2n) is 2.98. The van der Waals surface area contributed by atoms with Gasteiger partial charge in [0.05, 0.1) is 0 Å². The highest BCUT2D eigenvalue weighted by Crippen LogP contribution is 1.94. The molecule has 0 spiro atoms. The van der Waals surface area contributed by atoms with E-state index in [4.69, 9.17) is 5.11 Å². The predicted molar refractivity (Wildman–Crippen MR) is 46.4 cm³/mol. The molecule has 0 atom stereocenters. The van der Waals surface area contributed by atoms with Crippen LogP contribution in [-0.4, -0.2) is 48.2 Å². The number of ether oxygens (including phenoxy) is 1. The van der Waals surface area contributed by atoms with Crippen LogP contribution in [0.3, 0.4) is 0 Å². The molecule has 0 rings (SSSR count). The molecule has 0 aromatic heterocycles. The van der Waals surface area contributed by atoms with Crippen LogP contribution in [-0.2, 0) is 14.3 Å². The molecular formula is C8H15NO4. The maximum absolute atomic E-state index is 11.2. The molecule has 5 nitrogen and oxygen atoms in total. The molecular weight excluding hydrogens is 174 g/mol. The Balaban J connectivity index is 3.68. The summed E-state index contributed by atoms with van der Waals surface area (Å²) in [7, 11) is 1.65. The maximum Gasteiger partial charge on any atom is 0.329 e. The molecule has 0 saturated heterocycles. The Morgan fingerprint density at radius 2 is 1.92 bits per heavy atom. The first-order valence-electron chi connectivity index (χ1n) is 4.00. The van der Waals surface area contributed by atoms with Gasteiger partial charge in [-0.3, -0.25) is 4.79 Å². The highest BCUT2D eigenvalue weighted by atomic mass is 16.5. The van der Waals surface area contributed by atoms with E-state index in [2.05, 4.69) is 4.74 Å². The van der Waals surface area contributed by atoms with Crippen LogP contribution < -0.4 is 0 Å². The van der Waals surface area contributed by atoms with Gasteiger partial charge >= 0.3 is 5.97 Å². The number of hydrogen-bond donors (Lipinski definition) is 1. The quantitative estimate of drug-likeness (QED) is 0.658. The number of rotatable bonds is 5. The summed E-state index contributed by atoms with van der Waals surface area (Å²) in [6.07, 6.45) is 0. The van der Waals surface area contributed by atoms with Crippen molar-refractivity contribution in [2.24, 2.45) is 0 Å². The first kappa shape index (κ1) is 11.9. The molecule has 1 N–H and O–H groups in total. The van der Waals surface area contributed by atoms with Gasteiger partial charge in [-0.05, 0) is 13.8 Å². The van der Waals surface area contributed by atoms with Gasteiger partial charge in [-0.1, -0.05) is 0 Å². The standard InChI is InChI=1S/C8H15NO4/c1-6(2)9(3)7(10)4-13-5-8(11)12/h6H,4-5H2,1-3H3,(H,11,12). The van der Waals surface area contributed by atoms with E-state index in [-0.39, 0.29) is 18.6 Å². The molecule has 0 unspecified atom stereocenters. The monoisotopic (exact) mass is 189 g/mol. The topological polar surface area (TPSA) is 66.8 Å². The summed E-state index contributed by atoms with van der Waals surface area (Å²) in [6.45, 7) is 3.13. The lowest BCUT2D eigenvalue weighted by atomic mass is 10.3. The molecule has 0 aromatic carbocycles. The number of aliphatic carboxylic acids is 1. The third-order valence-corrected chi connectivity index (χ3v) is 1.62. The van der Waals surface area contributed by atoms with Gasteiger partial charge in [-0.2, -0.15) is 0 Å². The van der Waals surface area contributed by atoms with E-state index in [0.29, 0.717) is 0 Å².